The van der Waals surface area contributed by atoms with Crippen molar-refractivity contribution in [2.45, 2.75) is 19.4 Å². The molecule has 3 amide bonds. The Labute approximate surface area is 123 Å². The predicted octanol–water partition coefficient (Wildman–Crippen LogP) is -0.650. The summed E-state index contributed by atoms with van der Waals surface area (Å²) in [4.78, 5) is 38.3. The Morgan fingerprint density at radius 1 is 1.29 bits per heavy atom. The average molecular weight is 299 g/mol. The van der Waals surface area contributed by atoms with Gasteiger partial charge in [-0.05, 0) is 13.3 Å². The fourth-order valence-electron chi connectivity index (χ4n) is 2.78. The number of carbonyl (C=O) groups excluding carboxylic acids is 2. The first-order chi connectivity index (χ1) is 9.87. The van der Waals surface area contributed by atoms with Gasteiger partial charge >= 0.3 is 12.0 Å². The van der Waals surface area contributed by atoms with Crippen LogP contribution in [0.25, 0.3) is 0 Å². The highest BCUT2D eigenvalue weighted by Crippen LogP contribution is 2.30. The minimum atomic E-state index is -1.07. The Bertz CT molecular complexity index is 455. The SMILES string of the molecule is CNC(=O)C1(C)CCN(C(=O)N2CCOC(C(=O)O)C2)C1. The van der Waals surface area contributed by atoms with Gasteiger partial charge in [0.15, 0.2) is 6.10 Å². The van der Waals surface area contributed by atoms with E-state index in [1.807, 2.05) is 6.92 Å². The zero-order chi connectivity index (χ0) is 15.6. The van der Waals surface area contributed by atoms with Crippen LogP contribution in [0.1, 0.15) is 13.3 Å². The van der Waals surface area contributed by atoms with Gasteiger partial charge < -0.3 is 25.0 Å². The molecule has 2 saturated heterocycles. The first kappa shape index (κ1) is 15.6. The van der Waals surface area contributed by atoms with Crippen molar-refractivity contribution in [1.29, 1.82) is 0 Å². The number of carboxylic acid groups (broad SMARTS) is 1. The topological polar surface area (TPSA) is 99.2 Å². The number of aliphatic carboxylic acids is 1. The van der Waals surface area contributed by atoms with E-state index < -0.39 is 17.5 Å². The van der Waals surface area contributed by atoms with Crippen LogP contribution in [0.3, 0.4) is 0 Å². The second-order valence-electron chi connectivity index (χ2n) is 5.74. The number of carboxylic acids is 1. The van der Waals surface area contributed by atoms with Gasteiger partial charge in [-0.1, -0.05) is 0 Å². The standard InChI is InChI=1S/C13H21N3O5/c1-13(11(19)14-2)3-4-16(8-13)12(20)15-5-6-21-9(7-15)10(17)18/h9H,3-8H2,1-2H3,(H,14,19)(H,17,18). The van der Waals surface area contributed by atoms with E-state index in [2.05, 4.69) is 5.32 Å². The van der Waals surface area contributed by atoms with Gasteiger partial charge in [0.2, 0.25) is 5.91 Å². The summed E-state index contributed by atoms with van der Waals surface area (Å²) >= 11 is 0. The molecule has 2 aliphatic rings. The number of rotatable bonds is 2. The second-order valence-corrected chi connectivity index (χ2v) is 5.74. The summed E-state index contributed by atoms with van der Waals surface area (Å²) < 4.78 is 5.10. The van der Waals surface area contributed by atoms with Crippen molar-refractivity contribution in [2.75, 3.05) is 39.8 Å². The highest BCUT2D eigenvalue weighted by atomic mass is 16.5. The number of urea groups is 1. The minimum absolute atomic E-state index is 0.0430. The van der Waals surface area contributed by atoms with Crippen LogP contribution in [-0.2, 0) is 14.3 Å². The van der Waals surface area contributed by atoms with Crippen molar-refractivity contribution in [3.8, 4) is 0 Å². The Kier molecular flexibility index (Phi) is 4.36. The number of hydrogen-bond acceptors (Lipinski definition) is 4. The maximum Gasteiger partial charge on any atom is 0.334 e. The number of carbonyl (C=O) groups is 3. The molecule has 0 saturated carbocycles. The van der Waals surface area contributed by atoms with Crippen molar-refractivity contribution >= 4 is 17.9 Å². The molecule has 0 aromatic heterocycles. The highest BCUT2D eigenvalue weighted by Gasteiger charge is 2.43. The monoisotopic (exact) mass is 299 g/mol. The lowest BCUT2D eigenvalue weighted by Gasteiger charge is -2.34. The summed E-state index contributed by atoms with van der Waals surface area (Å²) in [7, 11) is 1.58. The van der Waals surface area contributed by atoms with Gasteiger partial charge in [-0.25, -0.2) is 9.59 Å². The third kappa shape index (κ3) is 3.10. The van der Waals surface area contributed by atoms with E-state index in [-0.39, 0.29) is 25.1 Å². The fraction of sp³-hybridized carbons (Fsp3) is 0.769. The van der Waals surface area contributed by atoms with E-state index in [4.69, 9.17) is 9.84 Å². The van der Waals surface area contributed by atoms with Crippen molar-refractivity contribution in [2.24, 2.45) is 5.41 Å². The Hall–Kier alpha value is -1.83. The molecule has 0 aliphatic carbocycles. The van der Waals surface area contributed by atoms with Crippen LogP contribution in [-0.4, -0.2) is 78.8 Å². The molecule has 118 valence electrons. The molecule has 2 unspecified atom stereocenters. The lowest BCUT2D eigenvalue weighted by Crippen LogP contribution is -2.53. The molecule has 0 aromatic carbocycles. The normalized spacial score (nSPS) is 29.3. The smallest absolute Gasteiger partial charge is 0.334 e. The van der Waals surface area contributed by atoms with Crippen molar-refractivity contribution in [3.63, 3.8) is 0 Å². The zero-order valence-electron chi connectivity index (χ0n) is 12.3. The first-order valence-electron chi connectivity index (χ1n) is 6.98. The average Bonchev–Trinajstić information content (AvgIpc) is 2.89. The quantitative estimate of drug-likeness (QED) is 0.706. The molecular weight excluding hydrogens is 278 g/mol. The van der Waals surface area contributed by atoms with E-state index in [0.29, 0.717) is 26.1 Å². The van der Waals surface area contributed by atoms with Crippen LogP contribution in [0.4, 0.5) is 4.79 Å². The molecule has 21 heavy (non-hydrogen) atoms. The van der Waals surface area contributed by atoms with Gasteiger partial charge in [-0.15, -0.1) is 0 Å². The minimum Gasteiger partial charge on any atom is -0.479 e. The van der Waals surface area contributed by atoms with Gasteiger partial charge in [-0.2, -0.15) is 0 Å². The summed E-state index contributed by atoms with van der Waals surface area (Å²) in [6.07, 6.45) is -0.374. The van der Waals surface area contributed by atoms with Crippen LogP contribution < -0.4 is 5.32 Å². The number of morpholine rings is 1. The summed E-state index contributed by atoms with van der Waals surface area (Å²) in [6.45, 7) is 3.30. The third-order valence-corrected chi connectivity index (χ3v) is 4.13. The summed E-state index contributed by atoms with van der Waals surface area (Å²) in [6, 6.07) is -0.225. The van der Waals surface area contributed by atoms with Gasteiger partial charge in [0, 0.05) is 26.7 Å². The van der Waals surface area contributed by atoms with Gasteiger partial charge in [0.05, 0.1) is 18.6 Å². The number of ether oxygens (including phenoxy) is 1. The van der Waals surface area contributed by atoms with E-state index in [0.717, 1.165) is 0 Å². The molecule has 0 aromatic rings. The predicted molar refractivity (Wildman–Crippen MR) is 72.7 cm³/mol. The molecule has 2 heterocycles. The van der Waals surface area contributed by atoms with E-state index in [1.54, 1.807) is 11.9 Å². The number of nitrogens with one attached hydrogen (secondary N) is 1. The zero-order valence-corrected chi connectivity index (χ0v) is 12.3. The number of amides is 3. The molecule has 2 atom stereocenters. The van der Waals surface area contributed by atoms with Crippen molar-refractivity contribution in [1.82, 2.24) is 15.1 Å². The lowest BCUT2D eigenvalue weighted by molar-refractivity contribution is -0.154. The summed E-state index contributed by atoms with van der Waals surface area (Å²) in [5.74, 6) is -1.15. The maximum atomic E-state index is 12.4. The fourth-order valence-corrected chi connectivity index (χ4v) is 2.78. The lowest BCUT2D eigenvalue weighted by atomic mass is 9.89. The molecule has 2 N–H and O–H groups in total. The molecule has 2 rings (SSSR count). The summed E-state index contributed by atoms with van der Waals surface area (Å²) in [5, 5.41) is 11.6. The number of nitrogens with zero attached hydrogens (tertiary/aromatic N) is 2. The molecule has 0 spiro atoms. The molecular formula is C13H21N3O5. The van der Waals surface area contributed by atoms with Crippen LogP contribution in [0.15, 0.2) is 0 Å². The van der Waals surface area contributed by atoms with Crippen LogP contribution in [0.5, 0.6) is 0 Å². The molecule has 2 aliphatic heterocycles. The highest BCUT2D eigenvalue weighted by molar-refractivity contribution is 5.84. The largest absolute Gasteiger partial charge is 0.479 e. The first-order valence-corrected chi connectivity index (χ1v) is 6.98. The third-order valence-electron chi connectivity index (χ3n) is 4.13. The van der Waals surface area contributed by atoms with Crippen LogP contribution in [0, 0.1) is 5.41 Å². The Balaban J connectivity index is 1.98. The van der Waals surface area contributed by atoms with Gasteiger partial charge in [0.1, 0.15) is 0 Å². The van der Waals surface area contributed by atoms with E-state index >= 15 is 0 Å². The molecule has 8 nitrogen and oxygen atoms in total. The van der Waals surface area contributed by atoms with Gasteiger partial charge in [-0.3, -0.25) is 4.79 Å². The Morgan fingerprint density at radius 2 is 2.00 bits per heavy atom. The molecule has 2 fully saturated rings. The van der Waals surface area contributed by atoms with Crippen LogP contribution in [0.2, 0.25) is 0 Å². The second kappa shape index (κ2) is 5.88. The maximum absolute atomic E-state index is 12.4. The summed E-state index contributed by atoms with van der Waals surface area (Å²) in [5.41, 5.74) is -0.580. The van der Waals surface area contributed by atoms with Crippen LogP contribution >= 0.6 is 0 Å². The van der Waals surface area contributed by atoms with E-state index in [1.165, 1.54) is 4.90 Å². The molecule has 0 bridgehead atoms. The van der Waals surface area contributed by atoms with Gasteiger partial charge in [0.25, 0.3) is 0 Å². The van der Waals surface area contributed by atoms with Crippen molar-refractivity contribution < 1.29 is 24.2 Å². The van der Waals surface area contributed by atoms with Crippen molar-refractivity contribution in [3.05, 3.63) is 0 Å². The molecule has 8 heteroatoms. The number of hydrogen-bond donors (Lipinski definition) is 2. The van der Waals surface area contributed by atoms with E-state index in [9.17, 15) is 14.4 Å². The molecule has 0 radical (unpaired) electrons. The number of likely N-dealkylation sites (tertiary alicyclic amines) is 1. The Morgan fingerprint density at radius 3 is 2.62 bits per heavy atom.